The monoisotopic (exact) mass is 313 g/mol. The molecule has 116 valence electrons. The van der Waals surface area contributed by atoms with Gasteiger partial charge in [0.2, 0.25) is 5.91 Å². The zero-order chi connectivity index (χ0) is 12.9. The molecule has 0 aromatic rings. The quantitative estimate of drug-likeness (QED) is 0.811. The van der Waals surface area contributed by atoms with Gasteiger partial charge in [-0.05, 0) is 45.7 Å². The van der Waals surface area contributed by atoms with Crippen molar-refractivity contribution in [2.45, 2.75) is 33.6 Å². The van der Waals surface area contributed by atoms with Gasteiger partial charge < -0.3 is 16.0 Å². The van der Waals surface area contributed by atoms with E-state index in [9.17, 15) is 4.79 Å². The Kier molecular flexibility index (Phi) is 11.0. The number of halogens is 2. The molecule has 1 rings (SSSR count). The SMILES string of the molecule is CC1CCN(CCNC(=O)C(C)(C)CN)CC1.Cl.Cl. The molecule has 19 heavy (non-hydrogen) atoms. The Labute approximate surface area is 129 Å². The molecule has 3 N–H and O–H groups in total. The summed E-state index contributed by atoms with van der Waals surface area (Å²) in [6.45, 7) is 10.5. The Morgan fingerprint density at radius 1 is 1.32 bits per heavy atom. The summed E-state index contributed by atoms with van der Waals surface area (Å²) in [4.78, 5) is 14.2. The Hall–Kier alpha value is -0.0300. The van der Waals surface area contributed by atoms with Gasteiger partial charge >= 0.3 is 0 Å². The van der Waals surface area contributed by atoms with E-state index in [-0.39, 0.29) is 30.7 Å². The molecule has 1 heterocycles. The summed E-state index contributed by atoms with van der Waals surface area (Å²) >= 11 is 0. The topological polar surface area (TPSA) is 58.4 Å². The smallest absolute Gasteiger partial charge is 0.226 e. The Morgan fingerprint density at radius 3 is 2.32 bits per heavy atom. The number of nitrogens with two attached hydrogens (primary N) is 1. The van der Waals surface area contributed by atoms with E-state index in [1.165, 1.54) is 12.8 Å². The third-order valence-corrected chi connectivity index (χ3v) is 3.71. The summed E-state index contributed by atoms with van der Waals surface area (Å²) in [5, 5.41) is 2.97. The van der Waals surface area contributed by atoms with Crippen LogP contribution in [0.25, 0.3) is 0 Å². The maximum atomic E-state index is 11.8. The highest BCUT2D eigenvalue weighted by molar-refractivity contribution is 5.85. The highest BCUT2D eigenvalue weighted by atomic mass is 35.5. The van der Waals surface area contributed by atoms with Crippen molar-refractivity contribution >= 4 is 30.7 Å². The second-order valence-corrected chi connectivity index (χ2v) is 5.87. The van der Waals surface area contributed by atoms with Crippen LogP contribution in [0.2, 0.25) is 0 Å². The van der Waals surface area contributed by atoms with Crippen LogP contribution in [-0.4, -0.2) is 43.5 Å². The van der Waals surface area contributed by atoms with Crippen LogP contribution in [0.4, 0.5) is 0 Å². The Morgan fingerprint density at radius 2 is 1.84 bits per heavy atom. The molecule has 1 fully saturated rings. The minimum atomic E-state index is -0.448. The van der Waals surface area contributed by atoms with Gasteiger partial charge in [-0.3, -0.25) is 4.79 Å². The van der Waals surface area contributed by atoms with Gasteiger partial charge in [-0.2, -0.15) is 0 Å². The number of rotatable bonds is 5. The summed E-state index contributed by atoms with van der Waals surface area (Å²) in [7, 11) is 0. The lowest BCUT2D eigenvalue weighted by molar-refractivity contribution is -0.128. The van der Waals surface area contributed by atoms with Crippen LogP contribution in [0.3, 0.4) is 0 Å². The Balaban J connectivity index is 0. The van der Waals surface area contributed by atoms with Crippen molar-refractivity contribution in [2.75, 3.05) is 32.7 Å². The predicted octanol–water partition coefficient (Wildman–Crippen LogP) is 1.66. The zero-order valence-electron chi connectivity index (χ0n) is 12.3. The van der Waals surface area contributed by atoms with Gasteiger partial charge in [0.1, 0.15) is 0 Å². The maximum Gasteiger partial charge on any atom is 0.226 e. The molecule has 0 bridgehead atoms. The molecule has 0 atom stereocenters. The van der Waals surface area contributed by atoms with Crippen molar-refractivity contribution < 1.29 is 4.79 Å². The second-order valence-electron chi connectivity index (χ2n) is 5.87. The van der Waals surface area contributed by atoms with Gasteiger partial charge in [0.15, 0.2) is 0 Å². The maximum absolute atomic E-state index is 11.8. The normalized spacial score (nSPS) is 17.3. The fourth-order valence-electron chi connectivity index (χ4n) is 1.95. The largest absolute Gasteiger partial charge is 0.354 e. The van der Waals surface area contributed by atoms with Crippen LogP contribution < -0.4 is 11.1 Å². The number of amides is 1. The van der Waals surface area contributed by atoms with Crippen molar-refractivity contribution in [3.05, 3.63) is 0 Å². The van der Waals surface area contributed by atoms with Crippen LogP contribution in [0.15, 0.2) is 0 Å². The van der Waals surface area contributed by atoms with Crippen molar-refractivity contribution in [3.8, 4) is 0 Å². The van der Waals surface area contributed by atoms with Gasteiger partial charge in [0.05, 0.1) is 5.41 Å². The van der Waals surface area contributed by atoms with E-state index in [0.29, 0.717) is 6.54 Å². The fraction of sp³-hybridized carbons (Fsp3) is 0.923. The molecule has 1 amide bonds. The lowest BCUT2D eigenvalue weighted by Crippen LogP contribution is -2.45. The van der Waals surface area contributed by atoms with E-state index in [1.54, 1.807) is 0 Å². The van der Waals surface area contributed by atoms with Gasteiger partial charge in [-0.25, -0.2) is 0 Å². The van der Waals surface area contributed by atoms with Gasteiger partial charge in [0, 0.05) is 19.6 Å². The number of carbonyl (C=O) groups is 1. The number of hydrogen-bond acceptors (Lipinski definition) is 3. The van der Waals surface area contributed by atoms with Crippen molar-refractivity contribution in [2.24, 2.45) is 17.1 Å². The lowest BCUT2D eigenvalue weighted by Gasteiger charge is -2.30. The van der Waals surface area contributed by atoms with E-state index in [0.717, 1.165) is 32.1 Å². The number of nitrogens with one attached hydrogen (secondary N) is 1. The summed E-state index contributed by atoms with van der Waals surface area (Å²) < 4.78 is 0. The molecule has 4 nitrogen and oxygen atoms in total. The number of hydrogen-bond donors (Lipinski definition) is 2. The second kappa shape index (κ2) is 9.81. The van der Waals surface area contributed by atoms with E-state index < -0.39 is 5.41 Å². The predicted molar refractivity (Wildman–Crippen MR) is 85.2 cm³/mol. The first-order valence-electron chi connectivity index (χ1n) is 6.66. The molecule has 0 saturated carbocycles. The van der Waals surface area contributed by atoms with Crippen LogP contribution in [0, 0.1) is 11.3 Å². The third kappa shape index (κ3) is 7.35. The molecule has 0 aromatic heterocycles. The van der Waals surface area contributed by atoms with E-state index in [1.807, 2.05) is 13.8 Å². The van der Waals surface area contributed by atoms with Crippen molar-refractivity contribution in [1.82, 2.24) is 10.2 Å². The van der Waals surface area contributed by atoms with Crippen LogP contribution in [0.5, 0.6) is 0 Å². The highest BCUT2D eigenvalue weighted by Crippen LogP contribution is 2.15. The van der Waals surface area contributed by atoms with Crippen LogP contribution >= 0.6 is 24.8 Å². The van der Waals surface area contributed by atoms with E-state index >= 15 is 0 Å². The number of likely N-dealkylation sites (tertiary alicyclic amines) is 1. The first-order chi connectivity index (χ1) is 7.95. The summed E-state index contributed by atoms with van der Waals surface area (Å²) in [6.07, 6.45) is 2.56. The average molecular weight is 314 g/mol. The standard InChI is InChI=1S/C13H27N3O.2ClH/c1-11-4-7-16(8-5-11)9-6-15-12(17)13(2,3)10-14;;/h11H,4-10,14H2,1-3H3,(H,15,17);2*1H. The molecule has 0 aromatic carbocycles. The van der Waals surface area contributed by atoms with Gasteiger partial charge in [-0.1, -0.05) is 6.92 Å². The molecule has 1 saturated heterocycles. The first kappa shape index (κ1) is 21.3. The molecular formula is C13H29Cl2N3O. The van der Waals surface area contributed by atoms with Crippen molar-refractivity contribution in [3.63, 3.8) is 0 Å². The minimum Gasteiger partial charge on any atom is -0.354 e. The molecule has 0 unspecified atom stereocenters. The van der Waals surface area contributed by atoms with Gasteiger partial charge in [-0.15, -0.1) is 24.8 Å². The lowest BCUT2D eigenvalue weighted by atomic mass is 9.93. The molecule has 0 aliphatic carbocycles. The molecule has 0 radical (unpaired) electrons. The van der Waals surface area contributed by atoms with Gasteiger partial charge in [0.25, 0.3) is 0 Å². The third-order valence-electron chi connectivity index (χ3n) is 3.71. The van der Waals surface area contributed by atoms with E-state index in [2.05, 4.69) is 17.1 Å². The molecule has 1 aliphatic rings. The molecule has 0 spiro atoms. The van der Waals surface area contributed by atoms with Crippen LogP contribution in [0.1, 0.15) is 33.6 Å². The number of carbonyl (C=O) groups excluding carboxylic acids is 1. The summed E-state index contributed by atoms with van der Waals surface area (Å²) in [6, 6.07) is 0. The zero-order valence-corrected chi connectivity index (χ0v) is 13.9. The first-order valence-corrected chi connectivity index (χ1v) is 6.66. The van der Waals surface area contributed by atoms with Crippen molar-refractivity contribution in [1.29, 1.82) is 0 Å². The van der Waals surface area contributed by atoms with Crippen LogP contribution in [-0.2, 0) is 4.79 Å². The average Bonchev–Trinajstić information content (AvgIpc) is 2.31. The van der Waals surface area contributed by atoms with E-state index in [4.69, 9.17) is 5.73 Å². The minimum absolute atomic E-state index is 0. The molecule has 1 aliphatic heterocycles. The molecule has 6 heteroatoms. The Bertz CT molecular complexity index is 254. The number of nitrogens with zero attached hydrogens (tertiary/aromatic N) is 1. The highest BCUT2D eigenvalue weighted by Gasteiger charge is 2.25. The summed E-state index contributed by atoms with van der Waals surface area (Å²) in [5.41, 5.74) is 5.12. The summed E-state index contributed by atoms with van der Waals surface area (Å²) in [5.74, 6) is 0.919. The molecular weight excluding hydrogens is 285 g/mol. The number of piperidine rings is 1. The fourth-order valence-corrected chi connectivity index (χ4v) is 1.95.